The van der Waals surface area contributed by atoms with Gasteiger partial charge in [0.1, 0.15) is 4.88 Å². The van der Waals surface area contributed by atoms with Gasteiger partial charge in [0, 0.05) is 0 Å². The molecule has 0 unspecified atom stereocenters. The normalized spacial score (nSPS) is 16.0. The second-order valence-corrected chi connectivity index (χ2v) is 6.41. The van der Waals surface area contributed by atoms with Crippen LogP contribution in [0.5, 0.6) is 0 Å². The van der Waals surface area contributed by atoms with Crippen molar-refractivity contribution >= 4 is 17.0 Å². The molecule has 0 atom stereocenters. The molecule has 1 saturated carbocycles. The van der Waals surface area contributed by atoms with Crippen molar-refractivity contribution in [3.05, 3.63) is 52.7 Å². The highest BCUT2D eigenvalue weighted by molar-refractivity contribution is 7.14. The molecule has 21 heavy (non-hydrogen) atoms. The molecule has 2 aromatic heterocycles. The van der Waals surface area contributed by atoms with E-state index in [0.29, 0.717) is 5.89 Å². The third-order valence-corrected chi connectivity index (χ3v) is 5.25. The Labute approximate surface area is 126 Å². The fourth-order valence-electron chi connectivity index (χ4n) is 2.65. The Morgan fingerprint density at radius 2 is 2.00 bits per heavy atom. The molecule has 2 N–H and O–H groups in total. The maximum absolute atomic E-state index is 6.06. The maximum atomic E-state index is 6.06. The first kappa shape index (κ1) is 12.6. The van der Waals surface area contributed by atoms with E-state index in [0.717, 1.165) is 34.8 Å². The first-order valence-electron chi connectivity index (χ1n) is 6.94. The summed E-state index contributed by atoms with van der Waals surface area (Å²) in [4.78, 5) is 5.49. The molecular formula is C16H15N3OS. The van der Waals surface area contributed by atoms with Gasteiger partial charge in [-0.1, -0.05) is 35.5 Å². The van der Waals surface area contributed by atoms with Gasteiger partial charge >= 0.3 is 0 Å². The van der Waals surface area contributed by atoms with Crippen molar-refractivity contribution in [2.24, 2.45) is 0 Å². The Hall–Kier alpha value is -2.14. The highest BCUT2D eigenvalue weighted by atomic mass is 32.1. The summed E-state index contributed by atoms with van der Waals surface area (Å²) in [7, 11) is 0. The topological polar surface area (TPSA) is 64.9 Å². The third-order valence-electron chi connectivity index (χ3n) is 4.15. The van der Waals surface area contributed by atoms with Crippen LogP contribution in [-0.4, -0.2) is 10.1 Å². The fourth-order valence-corrected chi connectivity index (χ4v) is 3.55. The van der Waals surface area contributed by atoms with E-state index in [1.807, 2.05) is 18.4 Å². The number of thiophene rings is 1. The molecule has 1 fully saturated rings. The summed E-state index contributed by atoms with van der Waals surface area (Å²) >= 11 is 1.55. The molecule has 1 aliphatic carbocycles. The number of rotatable bonds is 3. The van der Waals surface area contributed by atoms with E-state index >= 15 is 0 Å². The van der Waals surface area contributed by atoms with E-state index in [1.54, 1.807) is 11.3 Å². The quantitative estimate of drug-likeness (QED) is 0.799. The largest absolute Gasteiger partial charge is 0.397 e. The Morgan fingerprint density at radius 1 is 1.24 bits per heavy atom. The van der Waals surface area contributed by atoms with Crippen LogP contribution >= 0.6 is 11.3 Å². The molecule has 3 aromatic rings. The van der Waals surface area contributed by atoms with E-state index < -0.39 is 0 Å². The summed E-state index contributed by atoms with van der Waals surface area (Å²) in [6.45, 7) is 1.99. The van der Waals surface area contributed by atoms with Gasteiger partial charge in [-0.2, -0.15) is 4.98 Å². The van der Waals surface area contributed by atoms with Gasteiger partial charge in [-0.05, 0) is 36.3 Å². The summed E-state index contributed by atoms with van der Waals surface area (Å²) < 4.78 is 5.46. The number of benzene rings is 1. The molecule has 4 rings (SSSR count). The number of anilines is 1. The fraction of sp³-hybridized carbons (Fsp3) is 0.250. The lowest BCUT2D eigenvalue weighted by molar-refractivity contribution is 0.418. The van der Waals surface area contributed by atoms with Gasteiger partial charge in [0.25, 0.3) is 5.89 Å². The third kappa shape index (κ3) is 1.88. The monoisotopic (exact) mass is 297 g/mol. The van der Waals surface area contributed by atoms with Crippen LogP contribution in [-0.2, 0) is 5.41 Å². The number of nitrogen functional groups attached to an aromatic ring is 1. The lowest BCUT2D eigenvalue weighted by Gasteiger charge is -2.09. The zero-order valence-electron chi connectivity index (χ0n) is 11.7. The minimum absolute atomic E-state index is 0.0654. The lowest BCUT2D eigenvalue weighted by Crippen LogP contribution is -2.10. The number of aryl methyl sites for hydroxylation is 1. The average molecular weight is 297 g/mol. The van der Waals surface area contributed by atoms with Crippen LogP contribution < -0.4 is 5.73 Å². The van der Waals surface area contributed by atoms with E-state index in [-0.39, 0.29) is 5.41 Å². The molecule has 0 bridgehead atoms. The Balaban J connectivity index is 1.74. The van der Waals surface area contributed by atoms with Crippen LogP contribution in [0.4, 0.5) is 5.69 Å². The minimum Gasteiger partial charge on any atom is -0.397 e. The van der Waals surface area contributed by atoms with Gasteiger partial charge in [-0.3, -0.25) is 0 Å². The number of aromatic nitrogens is 2. The standard InChI is InChI=1S/C16H15N3OS/c1-10-9-21-13(12(10)17)14-18-15(19-20-14)16(7-8-16)11-5-3-2-4-6-11/h2-6,9H,7-8,17H2,1H3. The summed E-state index contributed by atoms with van der Waals surface area (Å²) in [6.07, 6.45) is 2.13. The minimum atomic E-state index is -0.0654. The van der Waals surface area contributed by atoms with Crippen molar-refractivity contribution < 1.29 is 4.52 Å². The van der Waals surface area contributed by atoms with E-state index in [1.165, 1.54) is 5.56 Å². The lowest BCUT2D eigenvalue weighted by atomic mass is 9.95. The van der Waals surface area contributed by atoms with E-state index in [4.69, 9.17) is 10.3 Å². The smallest absolute Gasteiger partial charge is 0.270 e. The Bertz CT molecular complexity index is 787. The predicted molar refractivity (Wildman–Crippen MR) is 83.2 cm³/mol. The van der Waals surface area contributed by atoms with Crippen molar-refractivity contribution in [2.45, 2.75) is 25.2 Å². The summed E-state index contributed by atoms with van der Waals surface area (Å²) in [6, 6.07) is 10.4. The first-order valence-corrected chi connectivity index (χ1v) is 7.82. The molecule has 0 aliphatic heterocycles. The van der Waals surface area contributed by atoms with Crippen LogP contribution in [0.1, 0.15) is 29.8 Å². The van der Waals surface area contributed by atoms with Crippen LogP contribution in [0.2, 0.25) is 0 Å². The number of hydrogen-bond donors (Lipinski definition) is 1. The van der Waals surface area contributed by atoms with Gasteiger partial charge in [-0.15, -0.1) is 11.3 Å². The van der Waals surface area contributed by atoms with E-state index in [2.05, 4.69) is 34.4 Å². The zero-order chi connectivity index (χ0) is 14.4. The molecule has 1 aromatic carbocycles. The highest BCUT2D eigenvalue weighted by Crippen LogP contribution is 2.52. The van der Waals surface area contributed by atoms with Crippen LogP contribution in [0.3, 0.4) is 0 Å². The van der Waals surface area contributed by atoms with Gasteiger partial charge in [-0.25, -0.2) is 0 Å². The van der Waals surface area contributed by atoms with Crippen LogP contribution in [0.25, 0.3) is 10.8 Å². The maximum Gasteiger partial charge on any atom is 0.270 e. The number of nitrogens with two attached hydrogens (primary N) is 1. The molecule has 4 nitrogen and oxygen atoms in total. The van der Waals surface area contributed by atoms with Crippen LogP contribution in [0, 0.1) is 6.92 Å². The van der Waals surface area contributed by atoms with Crippen molar-refractivity contribution in [1.29, 1.82) is 0 Å². The second-order valence-electron chi connectivity index (χ2n) is 5.53. The van der Waals surface area contributed by atoms with Gasteiger partial charge in [0.2, 0.25) is 0 Å². The zero-order valence-corrected chi connectivity index (χ0v) is 12.5. The van der Waals surface area contributed by atoms with Crippen LogP contribution in [0.15, 0.2) is 40.2 Å². The summed E-state index contributed by atoms with van der Waals surface area (Å²) in [5.74, 6) is 1.30. The van der Waals surface area contributed by atoms with Gasteiger partial charge in [0.05, 0.1) is 11.1 Å². The van der Waals surface area contributed by atoms with E-state index in [9.17, 15) is 0 Å². The molecule has 0 radical (unpaired) electrons. The van der Waals surface area contributed by atoms with Crippen molar-refractivity contribution in [3.8, 4) is 10.8 Å². The molecular weight excluding hydrogens is 282 g/mol. The molecule has 106 valence electrons. The molecule has 5 heteroatoms. The molecule has 0 spiro atoms. The molecule has 1 aliphatic rings. The van der Waals surface area contributed by atoms with Crippen molar-refractivity contribution in [1.82, 2.24) is 10.1 Å². The summed E-state index contributed by atoms with van der Waals surface area (Å²) in [5, 5.41) is 6.23. The Kier molecular flexibility index (Phi) is 2.65. The SMILES string of the molecule is Cc1csc(-c2nc(C3(c4ccccc4)CC3)no2)c1N. The van der Waals surface area contributed by atoms with Gasteiger partial charge in [0.15, 0.2) is 5.82 Å². The molecule has 2 heterocycles. The Morgan fingerprint density at radius 3 is 2.62 bits per heavy atom. The average Bonchev–Trinajstić information content (AvgIpc) is 3.07. The second kappa shape index (κ2) is 4.43. The van der Waals surface area contributed by atoms with Crippen molar-refractivity contribution in [3.63, 3.8) is 0 Å². The first-order chi connectivity index (χ1) is 10.2. The molecule has 0 amide bonds. The molecule has 0 saturated heterocycles. The predicted octanol–water partition coefficient (Wildman–Crippen LogP) is 3.77. The van der Waals surface area contributed by atoms with Crippen molar-refractivity contribution in [2.75, 3.05) is 5.73 Å². The van der Waals surface area contributed by atoms with Gasteiger partial charge < -0.3 is 10.3 Å². The number of nitrogens with zero attached hydrogens (tertiary/aromatic N) is 2. The highest BCUT2D eigenvalue weighted by Gasteiger charge is 2.50. The summed E-state index contributed by atoms with van der Waals surface area (Å²) in [5.41, 5.74) is 9.04. The number of hydrogen-bond acceptors (Lipinski definition) is 5.